The molecule has 0 radical (unpaired) electrons. The predicted molar refractivity (Wildman–Crippen MR) is 208 cm³/mol. The lowest BCUT2D eigenvalue weighted by atomic mass is 10.00. The maximum atomic E-state index is 5.17. The lowest BCUT2D eigenvalue weighted by Crippen LogP contribution is -1.96. The SMILES string of the molecule is c1ccc2cc(-c3cc(-c4ccc5ccccc5c4)nc(-c4ccc(-c5c(-c6ccc7ccccc7c6)nc6cnccn56)cc4)n3)ccc2c1. The number of rotatable bonds is 5. The van der Waals surface area contributed by atoms with Crippen LogP contribution in [0.1, 0.15) is 0 Å². The fraction of sp³-hybridized carbons (Fsp3) is 0. The van der Waals surface area contributed by atoms with Gasteiger partial charge in [0, 0.05) is 40.2 Å². The van der Waals surface area contributed by atoms with Crippen molar-refractivity contribution in [3.05, 3.63) is 176 Å². The van der Waals surface area contributed by atoms with Gasteiger partial charge in [0.15, 0.2) is 11.5 Å². The van der Waals surface area contributed by atoms with Gasteiger partial charge in [-0.05, 0) is 56.6 Å². The first kappa shape index (κ1) is 29.0. The van der Waals surface area contributed by atoms with Gasteiger partial charge in [0.25, 0.3) is 0 Å². The van der Waals surface area contributed by atoms with Crippen molar-refractivity contribution >= 4 is 38.0 Å². The summed E-state index contributed by atoms with van der Waals surface area (Å²) in [7, 11) is 0. The van der Waals surface area contributed by atoms with Gasteiger partial charge < -0.3 is 0 Å². The van der Waals surface area contributed by atoms with Gasteiger partial charge in [-0.25, -0.2) is 15.0 Å². The normalized spacial score (nSPS) is 11.5. The Kier molecular flexibility index (Phi) is 6.74. The molecule has 0 saturated heterocycles. The Balaban J connectivity index is 1.11. The van der Waals surface area contributed by atoms with Crippen LogP contribution < -0.4 is 0 Å². The van der Waals surface area contributed by atoms with Gasteiger partial charge in [-0.3, -0.25) is 9.38 Å². The Morgan fingerprint density at radius 3 is 1.43 bits per heavy atom. The molecule has 238 valence electrons. The third kappa shape index (κ3) is 5.20. The minimum absolute atomic E-state index is 0.674. The van der Waals surface area contributed by atoms with Crippen molar-refractivity contribution in [2.24, 2.45) is 0 Å². The summed E-state index contributed by atoms with van der Waals surface area (Å²) in [6.45, 7) is 0. The predicted octanol–water partition coefficient (Wildman–Crippen LogP) is 11.3. The molecule has 0 aliphatic carbocycles. The van der Waals surface area contributed by atoms with Crippen LogP contribution >= 0.6 is 0 Å². The monoisotopic (exact) mass is 651 g/mol. The van der Waals surface area contributed by atoms with E-state index in [0.29, 0.717) is 5.82 Å². The quantitative estimate of drug-likeness (QED) is 0.186. The Bertz CT molecular complexity index is 2830. The summed E-state index contributed by atoms with van der Waals surface area (Å²) in [5, 5.41) is 7.14. The van der Waals surface area contributed by atoms with E-state index in [1.54, 1.807) is 6.20 Å². The first-order valence-corrected chi connectivity index (χ1v) is 17.0. The van der Waals surface area contributed by atoms with Crippen LogP contribution in [0.4, 0.5) is 0 Å². The van der Waals surface area contributed by atoms with E-state index < -0.39 is 0 Å². The van der Waals surface area contributed by atoms with Crippen molar-refractivity contribution in [1.82, 2.24) is 24.3 Å². The van der Waals surface area contributed by atoms with E-state index in [1.807, 2.05) is 12.4 Å². The highest BCUT2D eigenvalue weighted by Crippen LogP contribution is 2.36. The van der Waals surface area contributed by atoms with E-state index in [1.165, 1.54) is 32.3 Å². The molecule has 0 atom stereocenters. The average molecular weight is 652 g/mol. The van der Waals surface area contributed by atoms with Crippen LogP contribution in [0.15, 0.2) is 176 Å². The molecule has 0 amide bonds. The van der Waals surface area contributed by atoms with Crippen molar-refractivity contribution in [3.8, 4) is 56.4 Å². The molecule has 3 heterocycles. The maximum Gasteiger partial charge on any atom is 0.160 e. The summed E-state index contributed by atoms with van der Waals surface area (Å²) >= 11 is 0. The molecule has 0 saturated carbocycles. The zero-order valence-corrected chi connectivity index (χ0v) is 27.5. The molecule has 0 bridgehead atoms. The highest BCUT2D eigenvalue weighted by molar-refractivity contribution is 5.92. The highest BCUT2D eigenvalue weighted by atomic mass is 15.0. The Morgan fingerprint density at radius 1 is 0.392 bits per heavy atom. The average Bonchev–Trinajstić information content (AvgIpc) is 3.60. The fourth-order valence-corrected chi connectivity index (χ4v) is 7.07. The largest absolute Gasteiger partial charge is 0.296 e. The second-order valence-corrected chi connectivity index (χ2v) is 12.8. The second kappa shape index (κ2) is 11.9. The van der Waals surface area contributed by atoms with Crippen LogP contribution in [0.3, 0.4) is 0 Å². The van der Waals surface area contributed by atoms with Gasteiger partial charge in [-0.1, -0.05) is 133 Å². The van der Waals surface area contributed by atoms with Crippen LogP contribution in [-0.4, -0.2) is 24.3 Å². The molecule has 51 heavy (non-hydrogen) atoms. The van der Waals surface area contributed by atoms with Crippen LogP contribution in [0.25, 0.3) is 94.4 Å². The van der Waals surface area contributed by atoms with Gasteiger partial charge in [-0.15, -0.1) is 0 Å². The van der Waals surface area contributed by atoms with Crippen molar-refractivity contribution in [3.63, 3.8) is 0 Å². The highest BCUT2D eigenvalue weighted by Gasteiger charge is 2.18. The Morgan fingerprint density at radius 2 is 0.863 bits per heavy atom. The molecule has 0 aliphatic rings. The van der Waals surface area contributed by atoms with Crippen LogP contribution in [0.2, 0.25) is 0 Å². The number of fused-ring (bicyclic) bond motifs is 4. The molecule has 10 aromatic rings. The summed E-state index contributed by atoms with van der Waals surface area (Å²) in [5.41, 5.74) is 9.62. The van der Waals surface area contributed by atoms with E-state index in [2.05, 4.69) is 167 Å². The first-order chi connectivity index (χ1) is 25.2. The molecular weight excluding hydrogens is 623 g/mol. The Labute approximate surface area is 294 Å². The standard InChI is InChI=1S/C46H29N5/c1-4-10-35-25-38(20-13-30(35)7-1)41-28-42(39-21-14-31-8-2-5-11-36(31)26-39)49-46(48-41)34-18-16-33(17-19-34)45-44(50-43-29-47-23-24-51(43)45)40-22-15-32-9-3-6-12-37(32)27-40/h1-29H. The molecule has 10 rings (SSSR count). The van der Waals surface area contributed by atoms with Crippen LogP contribution in [-0.2, 0) is 0 Å². The molecule has 0 aliphatic heterocycles. The molecule has 0 fully saturated rings. The Hall–Kier alpha value is -6.98. The number of nitrogens with zero attached hydrogens (tertiary/aromatic N) is 5. The summed E-state index contributed by atoms with van der Waals surface area (Å²) in [6.07, 6.45) is 5.59. The van der Waals surface area contributed by atoms with Crippen molar-refractivity contribution in [1.29, 1.82) is 0 Å². The minimum atomic E-state index is 0.674. The summed E-state index contributed by atoms with van der Waals surface area (Å²) in [4.78, 5) is 19.8. The molecule has 5 heteroatoms. The van der Waals surface area contributed by atoms with E-state index in [4.69, 9.17) is 15.0 Å². The van der Waals surface area contributed by atoms with Crippen molar-refractivity contribution < 1.29 is 0 Å². The maximum absolute atomic E-state index is 5.17. The number of hydrogen-bond acceptors (Lipinski definition) is 4. The molecule has 3 aromatic heterocycles. The van der Waals surface area contributed by atoms with E-state index >= 15 is 0 Å². The number of aromatic nitrogens is 5. The van der Waals surface area contributed by atoms with Gasteiger partial charge in [-0.2, -0.15) is 0 Å². The zero-order valence-electron chi connectivity index (χ0n) is 27.5. The molecule has 0 unspecified atom stereocenters. The smallest absolute Gasteiger partial charge is 0.160 e. The molecule has 5 nitrogen and oxygen atoms in total. The minimum Gasteiger partial charge on any atom is -0.296 e. The molecule has 0 spiro atoms. The van der Waals surface area contributed by atoms with Crippen molar-refractivity contribution in [2.45, 2.75) is 0 Å². The topological polar surface area (TPSA) is 56.0 Å². The van der Waals surface area contributed by atoms with E-state index in [9.17, 15) is 0 Å². The number of hydrogen-bond donors (Lipinski definition) is 0. The van der Waals surface area contributed by atoms with Gasteiger partial charge in [0.05, 0.1) is 29.0 Å². The van der Waals surface area contributed by atoms with Crippen LogP contribution in [0, 0.1) is 0 Å². The van der Waals surface area contributed by atoms with Gasteiger partial charge in [0.1, 0.15) is 0 Å². The molecule has 7 aromatic carbocycles. The lowest BCUT2D eigenvalue weighted by molar-refractivity contribution is 1.13. The van der Waals surface area contributed by atoms with E-state index in [0.717, 1.165) is 56.2 Å². The first-order valence-electron chi connectivity index (χ1n) is 17.0. The molecular formula is C46H29N5. The zero-order chi connectivity index (χ0) is 33.7. The number of imidazole rings is 1. The molecule has 0 N–H and O–H groups in total. The van der Waals surface area contributed by atoms with Gasteiger partial charge in [0.2, 0.25) is 0 Å². The van der Waals surface area contributed by atoms with Gasteiger partial charge >= 0.3 is 0 Å². The second-order valence-electron chi connectivity index (χ2n) is 12.8. The fourth-order valence-electron chi connectivity index (χ4n) is 7.07. The van der Waals surface area contributed by atoms with Crippen LogP contribution in [0.5, 0.6) is 0 Å². The summed E-state index contributed by atoms with van der Waals surface area (Å²) in [6, 6.07) is 55.5. The third-order valence-electron chi connectivity index (χ3n) is 9.69. The van der Waals surface area contributed by atoms with E-state index in [-0.39, 0.29) is 0 Å². The summed E-state index contributed by atoms with van der Waals surface area (Å²) in [5.74, 6) is 0.674. The van der Waals surface area contributed by atoms with Crippen molar-refractivity contribution in [2.75, 3.05) is 0 Å². The lowest BCUT2D eigenvalue weighted by Gasteiger charge is -2.12. The third-order valence-corrected chi connectivity index (χ3v) is 9.69. The summed E-state index contributed by atoms with van der Waals surface area (Å²) < 4.78 is 2.11. The number of benzene rings is 7.